The van der Waals surface area contributed by atoms with Gasteiger partial charge in [-0.15, -0.1) is 11.3 Å². The van der Waals surface area contributed by atoms with Crippen LogP contribution in [0.3, 0.4) is 0 Å². The number of carbonyl (C=O) groups excluding carboxylic acids is 1. The van der Waals surface area contributed by atoms with Crippen LogP contribution in [0.2, 0.25) is 0 Å². The van der Waals surface area contributed by atoms with Gasteiger partial charge in [-0.2, -0.15) is 5.10 Å². The number of anilines is 1. The number of amides is 2. The fourth-order valence-corrected chi connectivity index (χ4v) is 4.89. The Bertz CT molecular complexity index is 961. The summed E-state index contributed by atoms with van der Waals surface area (Å²) in [5.74, 6) is 1.45. The van der Waals surface area contributed by atoms with E-state index >= 15 is 0 Å². The van der Waals surface area contributed by atoms with E-state index < -0.39 is 0 Å². The van der Waals surface area contributed by atoms with Crippen molar-refractivity contribution in [2.24, 2.45) is 0 Å². The average molecular weight is 398 g/mol. The Morgan fingerprint density at radius 3 is 3.07 bits per heavy atom. The summed E-state index contributed by atoms with van der Waals surface area (Å²) < 4.78 is 2.38. The Morgan fingerprint density at radius 1 is 1.21 bits per heavy atom. The molecular formula is C19H23N7OS. The molecule has 0 radical (unpaired) electrons. The molecule has 28 heavy (non-hydrogen) atoms. The largest absolute Gasteiger partial charge is 0.332 e. The van der Waals surface area contributed by atoms with Crippen LogP contribution in [-0.2, 0) is 13.0 Å². The van der Waals surface area contributed by atoms with Crippen molar-refractivity contribution in [2.45, 2.75) is 44.6 Å². The van der Waals surface area contributed by atoms with Crippen LogP contribution in [0, 0.1) is 0 Å². The van der Waals surface area contributed by atoms with Crippen LogP contribution in [0.1, 0.15) is 43.1 Å². The van der Waals surface area contributed by atoms with Gasteiger partial charge in [0.25, 0.3) is 0 Å². The molecule has 2 aliphatic heterocycles. The van der Waals surface area contributed by atoms with Crippen LogP contribution < -0.4 is 5.32 Å². The number of aryl methyl sites for hydroxylation is 1. The van der Waals surface area contributed by atoms with Crippen molar-refractivity contribution < 1.29 is 4.79 Å². The number of hydrogen-bond donors (Lipinski definition) is 2. The number of carbonyl (C=O) groups is 1. The zero-order valence-corrected chi connectivity index (χ0v) is 16.4. The Morgan fingerprint density at radius 2 is 2.18 bits per heavy atom. The van der Waals surface area contributed by atoms with E-state index in [1.54, 1.807) is 12.4 Å². The highest BCUT2D eigenvalue weighted by Crippen LogP contribution is 2.31. The van der Waals surface area contributed by atoms with Crippen LogP contribution in [0.15, 0.2) is 24.0 Å². The lowest BCUT2D eigenvalue weighted by molar-refractivity contribution is 0.190. The molecule has 3 aromatic rings. The number of likely N-dealkylation sites (tertiary alicyclic amines) is 1. The molecule has 3 aromatic heterocycles. The second-order valence-corrected chi connectivity index (χ2v) is 8.32. The lowest BCUT2D eigenvalue weighted by Gasteiger charge is -2.33. The third-order valence-corrected chi connectivity index (χ3v) is 6.43. The van der Waals surface area contributed by atoms with Gasteiger partial charge >= 0.3 is 6.03 Å². The van der Waals surface area contributed by atoms with Gasteiger partial charge in [0, 0.05) is 49.0 Å². The molecule has 2 amide bonds. The summed E-state index contributed by atoms with van der Waals surface area (Å²) in [6.07, 6.45) is 11.1. The predicted octanol–water partition coefficient (Wildman–Crippen LogP) is 3.48. The molecule has 5 rings (SSSR count). The number of aromatic amines is 1. The molecule has 9 heteroatoms. The molecule has 0 aliphatic carbocycles. The van der Waals surface area contributed by atoms with Gasteiger partial charge in [-0.05, 0) is 32.1 Å². The number of hydrogen-bond acceptors (Lipinski definition) is 5. The van der Waals surface area contributed by atoms with Crippen molar-refractivity contribution in [3.63, 3.8) is 0 Å². The molecule has 0 bridgehead atoms. The molecule has 1 unspecified atom stereocenters. The number of imidazole rings is 1. The number of rotatable bonds is 3. The van der Waals surface area contributed by atoms with Crippen molar-refractivity contribution in [3.8, 4) is 10.7 Å². The van der Waals surface area contributed by atoms with Gasteiger partial charge in [0.15, 0.2) is 0 Å². The first-order valence-corrected chi connectivity index (χ1v) is 10.7. The van der Waals surface area contributed by atoms with Gasteiger partial charge < -0.3 is 14.8 Å². The lowest BCUT2D eigenvalue weighted by atomic mass is 9.97. The molecule has 1 fully saturated rings. The van der Waals surface area contributed by atoms with E-state index in [1.807, 2.05) is 16.5 Å². The highest BCUT2D eigenvalue weighted by Gasteiger charge is 2.29. The van der Waals surface area contributed by atoms with E-state index in [9.17, 15) is 4.79 Å². The number of nitrogens with one attached hydrogen (secondary N) is 2. The molecule has 146 valence electrons. The summed E-state index contributed by atoms with van der Waals surface area (Å²) in [4.78, 5) is 23.8. The van der Waals surface area contributed by atoms with E-state index in [2.05, 4.69) is 25.1 Å². The second-order valence-electron chi connectivity index (χ2n) is 7.43. The summed E-state index contributed by atoms with van der Waals surface area (Å²) in [5.41, 5.74) is 2.76. The normalized spacial score (nSPS) is 19.4. The summed E-state index contributed by atoms with van der Waals surface area (Å²) >= 11 is 1.51. The summed E-state index contributed by atoms with van der Waals surface area (Å²) in [6.45, 7) is 2.52. The van der Waals surface area contributed by atoms with E-state index in [4.69, 9.17) is 4.98 Å². The number of aromatic nitrogens is 5. The third kappa shape index (κ3) is 3.19. The topological polar surface area (TPSA) is 91.7 Å². The highest BCUT2D eigenvalue weighted by atomic mass is 32.1. The number of urea groups is 1. The average Bonchev–Trinajstić information content (AvgIpc) is 3.48. The maximum atomic E-state index is 12.9. The van der Waals surface area contributed by atoms with Gasteiger partial charge in [-0.1, -0.05) is 0 Å². The Balaban J connectivity index is 1.30. The van der Waals surface area contributed by atoms with Crippen LogP contribution in [0.4, 0.5) is 10.5 Å². The van der Waals surface area contributed by atoms with Crippen LogP contribution in [0.25, 0.3) is 10.7 Å². The van der Waals surface area contributed by atoms with Gasteiger partial charge in [0.05, 0.1) is 11.9 Å². The van der Waals surface area contributed by atoms with Crippen LogP contribution >= 0.6 is 11.3 Å². The lowest BCUT2D eigenvalue weighted by Crippen LogP contribution is -2.42. The summed E-state index contributed by atoms with van der Waals surface area (Å²) in [5, 5.41) is 12.7. The summed E-state index contributed by atoms with van der Waals surface area (Å²) in [7, 11) is 0. The maximum absolute atomic E-state index is 12.9. The number of piperidine rings is 1. The molecular weight excluding hydrogens is 374 g/mol. The molecule has 0 saturated carbocycles. The number of H-pyrrole nitrogens is 1. The Hall–Kier alpha value is -2.68. The van der Waals surface area contributed by atoms with E-state index in [0.717, 1.165) is 48.9 Å². The van der Waals surface area contributed by atoms with Crippen molar-refractivity contribution in [1.29, 1.82) is 0 Å². The molecule has 8 nitrogen and oxygen atoms in total. The monoisotopic (exact) mass is 397 g/mol. The van der Waals surface area contributed by atoms with Crippen molar-refractivity contribution >= 4 is 23.1 Å². The first kappa shape index (κ1) is 17.4. The minimum absolute atomic E-state index is 0.0886. The Kier molecular flexibility index (Phi) is 4.59. The molecule has 2 N–H and O–H groups in total. The predicted molar refractivity (Wildman–Crippen MR) is 107 cm³/mol. The Labute approximate surface area is 167 Å². The van der Waals surface area contributed by atoms with E-state index in [-0.39, 0.29) is 6.03 Å². The quantitative estimate of drug-likeness (QED) is 0.708. The van der Waals surface area contributed by atoms with Crippen molar-refractivity contribution in [1.82, 2.24) is 29.6 Å². The zero-order chi connectivity index (χ0) is 18.9. The van der Waals surface area contributed by atoms with E-state index in [1.165, 1.54) is 29.9 Å². The van der Waals surface area contributed by atoms with Gasteiger partial charge in [0.2, 0.25) is 0 Å². The molecule has 5 heterocycles. The minimum Gasteiger partial charge on any atom is -0.332 e. The van der Waals surface area contributed by atoms with Crippen LogP contribution in [0.5, 0.6) is 0 Å². The first-order valence-electron chi connectivity index (χ1n) is 9.83. The second kappa shape index (κ2) is 7.38. The molecule has 1 atom stereocenters. The third-order valence-electron chi connectivity index (χ3n) is 5.63. The maximum Gasteiger partial charge on any atom is 0.321 e. The molecule has 2 aliphatic rings. The van der Waals surface area contributed by atoms with Crippen LogP contribution in [-0.4, -0.2) is 48.8 Å². The van der Waals surface area contributed by atoms with E-state index in [0.29, 0.717) is 18.2 Å². The highest BCUT2D eigenvalue weighted by molar-refractivity contribution is 7.13. The zero-order valence-electron chi connectivity index (χ0n) is 15.6. The van der Waals surface area contributed by atoms with Gasteiger partial charge in [0.1, 0.15) is 16.5 Å². The number of nitrogens with zero attached hydrogens (tertiary/aromatic N) is 5. The smallest absolute Gasteiger partial charge is 0.321 e. The minimum atomic E-state index is -0.0886. The summed E-state index contributed by atoms with van der Waals surface area (Å²) in [6, 6.07) is -0.0886. The fourth-order valence-electron chi connectivity index (χ4n) is 4.24. The standard InChI is InChI=1S/C19H23N7OS/c27-19(23-15-11-22-24-16(15)18-20-6-9-28-18)25-7-3-4-13(12-25)17-21-10-14-5-1-2-8-26(14)17/h6,9-11,13H,1-5,7-8,12H2,(H,22,24)(H,23,27). The number of fused-ring (bicyclic) bond motifs is 1. The van der Waals surface area contributed by atoms with Gasteiger partial charge in [-0.3, -0.25) is 5.10 Å². The SMILES string of the molecule is O=C(Nc1cn[nH]c1-c1nccs1)N1CCCC(c2ncc3n2CCCC3)C1. The first-order chi connectivity index (χ1) is 13.8. The molecule has 1 saturated heterocycles. The molecule has 0 aromatic carbocycles. The number of thiazole rings is 1. The van der Waals surface area contributed by atoms with Crippen molar-refractivity contribution in [2.75, 3.05) is 18.4 Å². The fraction of sp³-hybridized carbons (Fsp3) is 0.474. The van der Waals surface area contributed by atoms with Gasteiger partial charge in [-0.25, -0.2) is 14.8 Å². The van der Waals surface area contributed by atoms with Crippen molar-refractivity contribution in [3.05, 3.63) is 35.5 Å². The molecule has 0 spiro atoms.